The summed E-state index contributed by atoms with van der Waals surface area (Å²) in [7, 11) is 0. The van der Waals surface area contributed by atoms with Crippen molar-refractivity contribution in [3.05, 3.63) is 94.8 Å². The van der Waals surface area contributed by atoms with Gasteiger partial charge >= 0.3 is 5.97 Å². The number of esters is 1. The van der Waals surface area contributed by atoms with Crippen LogP contribution in [0.1, 0.15) is 54.8 Å². The third kappa shape index (κ3) is 2.97. The number of aryl methyl sites for hydroxylation is 2. The van der Waals surface area contributed by atoms with Gasteiger partial charge in [-0.25, -0.2) is 4.79 Å². The van der Waals surface area contributed by atoms with Gasteiger partial charge in [-0.1, -0.05) is 69.2 Å². The number of anilines is 1. The Bertz CT molecular complexity index is 1510. The Kier molecular flexibility index (Phi) is 4.95. The van der Waals surface area contributed by atoms with E-state index in [1.807, 2.05) is 36.4 Å². The van der Waals surface area contributed by atoms with E-state index in [1.54, 1.807) is 6.07 Å². The Morgan fingerprint density at radius 2 is 1.34 bits per heavy atom. The predicted octanol–water partition coefficient (Wildman–Crippen LogP) is 6.39. The molecule has 6 rings (SSSR count). The summed E-state index contributed by atoms with van der Waals surface area (Å²) in [6, 6.07) is 22.1. The molecule has 0 saturated carbocycles. The summed E-state index contributed by atoms with van der Waals surface area (Å²) in [5.74, 6) is 0.262. The first-order chi connectivity index (χ1) is 17.1. The number of nitrogens with one attached hydrogen (secondary N) is 2. The predicted molar refractivity (Wildman–Crippen MR) is 141 cm³/mol. The van der Waals surface area contributed by atoms with Gasteiger partial charge in [0.2, 0.25) is 0 Å². The van der Waals surface area contributed by atoms with Gasteiger partial charge in [0, 0.05) is 61.6 Å². The van der Waals surface area contributed by atoms with Gasteiger partial charge in [-0.3, -0.25) is 0 Å². The van der Waals surface area contributed by atoms with Crippen molar-refractivity contribution in [1.82, 2.24) is 9.97 Å². The molecule has 0 fully saturated rings. The van der Waals surface area contributed by atoms with E-state index in [1.165, 1.54) is 0 Å². The monoisotopic (exact) mass is 463 g/mol. The molecule has 5 heteroatoms. The second kappa shape index (κ2) is 8.05. The highest BCUT2D eigenvalue weighted by atomic mass is 16.5. The van der Waals surface area contributed by atoms with Crippen LogP contribution in [0.5, 0.6) is 5.75 Å². The van der Waals surface area contributed by atoms with Crippen LogP contribution in [-0.2, 0) is 23.1 Å². The largest absolute Gasteiger partial charge is 0.425 e. The van der Waals surface area contributed by atoms with Crippen LogP contribution >= 0.6 is 0 Å². The highest BCUT2D eigenvalue weighted by Gasteiger charge is 2.56. The molecule has 0 radical (unpaired) electrons. The molecule has 35 heavy (non-hydrogen) atoms. The van der Waals surface area contributed by atoms with Crippen LogP contribution in [0.25, 0.3) is 21.8 Å². The van der Waals surface area contributed by atoms with Crippen LogP contribution in [-0.4, -0.2) is 15.9 Å². The molecule has 0 unspecified atom stereocenters. The van der Waals surface area contributed by atoms with Gasteiger partial charge in [-0.05, 0) is 31.0 Å². The number of nitrogen functional groups attached to an aromatic ring is 1. The molecular weight excluding hydrogens is 434 g/mol. The second-order valence-electron chi connectivity index (χ2n) is 9.44. The number of para-hydroxylation sites is 2. The molecule has 1 aliphatic rings. The number of rotatable bonds is 6. The topological polar surface area (TPSA) is 83.9 Å². The molecule has 176 valence electrons. The van der Waals surface area contributed by atoms with Gasteiger partial charge in [0.05, 0.1) is 0 Å². The molecule has 3 aromatic carbocycles. The van der Waals surface area contributed by atoms with Crippen LogP contribution in [0.15, 0.2) is 66.7 Å². The van der Waals surface area contributed by atoms with E-state index in [4.69, 9.17) is 10.5 Å². The van der Waals surface area contributed by atoms with Crippen LogP contribution < -0.4 is 10.5 Å². The second-order valence-corrected chi connectivity index (χ2v) is 9.44. The molecule has 5 nitrogen and oxygen atoms in total. The molecule has 2 aromatic heterocycles. The third-order valence-electron chi connectivity index (χ3n) is 7.24. The van der Waals surface area contributed by atoms with Crippen molar-refractivity contribution < 1.29 is 9.53 Å². The smallest absolute Gasteiger partial charge is 0.331 e. The van der Waals surface area contributed by atoms with Crippen LogP contribution in [0.2, 0.25) is 0 Å². The minimum atomic E-state index is -1.11. The van der Waals surface area contributed by atoms with E-state index in [2.05, 4.69) is 48.1 Å². The molecule has 0 aliphatic carbocycles. The SMILES string of the molecule is CCCc1[nH]c2ccccc2c1C1(c2c(CCC)[nH]c3ccccc23)C(=O)Oc2cc(N)ccc21. The first kappa shape index (κ1) is 21.5. The van der Waals surface area contributed by atoms with Gasteiger partial charge in [0.1, 0.15) is 5.75 Å². The summed E-state index contributed by atoms with van der Waals surface area (Å²) in [5.41, 5.74) is 12.6. The number of aromatic amines is 2. The minimum absolute atomic E-state index is 0.276. The zero-order valence-electron chi connectivity index (χ0n) is 20.1. The van der Waals surface area contributed by atoms with Crippen molar-refractivity contribution >= 4 is 33.5 Å². The minimum Gasteiger partial charge on any atom is -0.425 e. The van der Waals surface area contributed by atoms with Gasteiger partial charge in [-0.2, -0.15) is 0 Å². The third-order valence-corrected chi connectivity index (χ3v) is 7.24. The van der Waals surface area contributed by atoms with Crippen molar-refractivity contribution in [3.63, 3.8) is 0 Å². The van der Waals surface area contributed by atoms with Crippen molar-refractivity contribution in [2.45, 2.75) is 44.9 Å². The van der Waals surface area contributed by atoms with Crippen molar-refractivity contribution in [2.75, 3.05) is 5.73 Å². The van der Waals surface area contributed by atoms with Crippen molar-refractivity contribution in [3.8, 4) is 5.75 Å². The van der Waals surface area contributed by atoms with Gasteiger partial charge in [0.25, 0.3) is 0 Å². The summed E-state index contributed by atoms with van der Waals surface area (Å²) in [5, 5.41) is 2.09. The molecule has 0 spiro atoms. The van der Waals surface area contributed by atoms with Gasteiger partial charge < -0.3 is 20.4 Å². The molecule has 3 heterocycles. The fourth-order valence-corrected chi connectivity index (χ4v) is 5.95. The van der Waals surface area contributed by atoms with Crippen LogP contribution in [0.3, 0.4) is 0 Å². The quantitative estimate of drug-likeness (QED) is 0.155. The summed E-state index contributed by atoms with van der Waals surface area (Å²) in [6.45, 7) is 4.33. The Morgan fingerprint density at radius 3 is 1.89 bits per heavy atom. The molecular formula is C30H29N3O2. The Morgan fingerprint density at radius 1 is 0.800 bits per heavy atom. The molecule has 0 saturated heterocycles. The summed E-state index contributed by atoms with van der Waals surface area (Å²) < 4.78 is 6.07. The number of fused-ring (bicyclic) bond motifs is 3. The average Bonchev–Trinajstić information content (AvgIpc) is 3.48. The fourth-order valence-electron chi connectivity index (χ4n) is 5.95. The van der Waals surface area contributed by atoms with Crippen molar-refractivity contribution in [1.29, 1.82) is 0 Å². The van der Waals surface area contributed by atoms with Gasteiger partial charge in [-0.15, -0.1) is 0 Å². The Labute approximate surface area is 204 Å². The zero-order chi connectivity index (χ0) is 24.2. The van der Waals surface area contributed by atoms with Gasteiger partial charge in [0.15, 0.2) is 5.41 Å². The lowest BCUT2D eigenvalue weighted by Crippen LogP contribution is -2.38. The number of benzene rings is 3. The van der Waals surface area contributed by atoms with E-state index in [-0.39, 0.29) is 5.97 Å². The lowest BCUT2D eigenvalue weighted by Gasteiger charge is -2.29. The number of carbonyl (C=O) groups excluding carboxylic acids is 1. The number of ether oxygens (including phenoxy) is 1. The summed E-state index contributed by atoms with van der Waals surface area (Å²) in [6.07, 6.45) is 3.56. The maximum Gasteiger partial charge on any atom is 0.331 e. The summed E-state index contributed by atoms with van der Waals surface area (Å²) >= 11 is 0. The molecule has 1 aliphatic heterocycles. The number of hydrogen-bond acceptors (Lipinski definition) is 3. The molecule has 0 amide bonds. The van der Waals surface area contributed by atoms with Crippen LogP contribution in [0, 0.1) is 0 Å². The van der Waals surface area contributed by atoms with E-state index in [0.717, 1.165) is 75.6 Å². The zero-order valence-corrected chi connectivity index (χ0v) is 20.1. The normalized spacial score (nSPS) is 14.5. The Balaban J connectivity index is 1.84. The van der Waals surface area contributed by atoms with E-state index in [9.17, 15) is 4.79 Å². The molecule has 0 bridgehead atoms. The molecule has 0 atom stereocenters. The lowest BCUT2D eigenvalue weighted by atomic mass is 9.67. The summed E-state index contributed by atoms with van der Waals surface area (Å²) in [4.78, 5) is 21.7. The number of carbonyl (C=O) groups is 1. The van der Waals surface area contributed by atoms with E-state index in [0.29, 0.717) is 11.4 Å². The van der Waals surface area contributed by atoms with E-state index >= 15 is 0 Å². The first-order valence-electron chi connectivity index (χ1n) is 12.4. The van der Waals surface area contributed by atoms with Crippen LogP contribution in [0.4, 0.5) is 5.69 Å². The number of aromatic nitrogens is 2. The Hall–Kier alpha value is -3.99. The highest BCUT2D eigenvalue weighted by Crippen LogP contribution is 2.55. The standard InChI is InChI=1S/C30H29N3O2/c1-3-9-24-27(19-11-5-7-13-22(19)32-24)30(21-16-15-18(31)17-26(21)35-29(30)34)28-20-12-6-8-14-23(20)33-25(28)10-4-2/h5-8,11-17,32-33H,3-4,9-10,31H2,1-2H3. The number of H-pyrrole nitrogens is 2. The average molecular weight is 464 g/mol. The molecule has 5 aromatic rings. The maximum atomic E-state index is 14.4. The lowest BCUT2D eigenvalue weighted by molar-refractivity contribution is -0.135. The van der Waals surface area contributed by atoms with Crippen molar-refractivity contribution in [2.24, 2.45) is 0 Å². The number of hydrogen-bond donors (Lipinski definition) is 3. The highest BCUT2D eigenvalue weighted by molar-refractivity contribution is 6.07. The maximum absolute atomic E-state index is 14.4. The number of nitrogens with two attached hydrogens (primary N) is 1. The van der Waals surface area contributed by atoms with E-state index < -0.39 is 5.41 Å². The molecule has 4 N–H and O–H groups in total. The fraction of sp³-hybridized carbons (Fsp3) is 0.233. The first-order valence-corrected chi connectivity index (χ1v) is 12.4.